The molecule has 1 N–H and O–H groups in total. The Bertz CT molecular complexity index is 643. The summed E-state index contributed by atoms with van der Waals surface area (Å²) in [7, 11) is 1.39. The maximum absolute atomic E-state index is 14.7. The summed E-state index contributed by atoms with van der Waals surface area (Å²) in [5.41, 5.74) is 0.398. The van der Waals surface area contributed by atoms with Gasteiger partial charge in [0.15, 0.2) is 11.6 Å². The van der Waals surface area contributed by atoms with Crippen molar-refractivity contribution in [2.75, 3.05) is 7.11 Å². The first-order valence-electron chi connectivity index (χ1n) is 8.00. The number of ketones is 1. The monoisotopic (exact) mass is 337 g/mol. The van der Waals surface area contributed by atoms with Crippen molar-refractivity contribution >= 4 is 11.9 Å². The van der Waals surface area contributed by atoms with Crippen molar-refractivity contribution in [2.45, 2.75) is 58.1 Å². The molecule has 1 saturated carbocycles. The molecule has 0 heterocycles. The summed E-state index contributed by atoms with van der Waals surface area (Å²) < 4.78 is 25.1. The predicted molar refractivity (Wildman–Crippen MR) is 87.7 cm³/mol. The van der Waals surface area contributed by atoms with Crippen LogP contribution in [0.4, 0.5) is 9.18 Å². The van der Waals surface area contributed by atoms with Gasteiger partial charge in [0, 0.05) is 24.3 Å². The van der Waals surface area contributed by atoms with E-state index in [1.807, 2.05) is 0 Å². The SMILES string of the molecule is COc1c([C@H](C)NC(=O)OC(C)(C)C)ccc(C2CC(=O)C2)c1F. The maximum Gasteiger partial charge on any atom is 0.408 e. The molecule has 6 heteroatoms. The zero-order valence-corrected chi connectivity index (χ0v) is 14.7. The van der Waals surface area contributed by atoms with Crippen LogP contribution in [0, 0.1) is 5.82 Å². The van der Waals surface area contributed by atoms with Crippen LogP contribution >= 0.6 is 0 Å². The number of halogens is 1. The fourth-order valence-corrected chi connectivity index (χ4v) is 2.72. The molecular formula is C18H24FNO4. The number of hydrogen-bond donors (Lipinski definition) is 1. The quantitative estimate of drug-likeness (QED) is 0.906. The Hall–Kier alpha value is -2.11. The number of ether oxygens (including phenoxy) is 2. The van der Waals surface area contributed by atoms with Gasteiger partial charge in [-0.25, -0.2) is 9.18 Å². The number of nitrogens with one attached hydrogen (secondary N) is 1. The fraction of sp³-hybridized carbons (Fsp3) is 0.556. The predicted octanol–water partition coefficient (Wildman–Crippen LogP) is 3.87. The van der Waals surface area contributed by atoms with E-state index in [1.54, 1.807) is 39.8 Å². The molecule has 1 aromatic rings. The highest BCUT2D eigenvalue weighted by Gasteiger charge is 2.32. The van der Waals surface area contributed by atoms with E-state index in [1.165, 1.54) is 7.11 Å². The van der Waals surface area contributed by atoms with Gasteiger partial charge in [-0.1, -0.05) is 12.1 Å². The lowest BCUT2D eigenvalue weighted by atomic mass is 9.78. The van der Waals surface area contributed by atoms with Crippen molar-refractivity contribution in [1.29, 1.82) is 0 Å². The molecule has 2 rings (SSSR count). The average molecular weight is 337 g/mol. The van der Waals surface area contributed by atoms with Crippen LogP contribution in [-0.4, -0.2) is 24.6 Å². The summed E-state index contributed by atoms with van der Waals surface area (Å²) in [5.74, 6) is -0.322. The molecule has 132 valence electrons. The molecule has 0 bridgehead atoms. The van der Waals surface area contributed by atoms with Gasteiger partial charge in [0.1, 0.15) is 11.4 Å². The van der Waals surface area contributed by atoms with Crippen molar-refractivity contribution in [2.24, 2.45) is 0 Å². The Balaban J connectivity index is 2.19. The van der Waals surface area contributed by atoms with Crippen molar-refractivity contribution in [1.82, 2.24) is 5.32 Å². The van der Waals surface area contributed by atoms with Gasteiger partial charge in [-0.3, -0.25) is 4.79 Å². The summed E-state index contributed by atoms with van der Waals surface area (Å²) in [6.07, 6.45) is 0.155. The van der Waals surface area contributed by atoms with Crippen LogP contribution in [0.25, 0.3) is 0 Å². The van der Waals surface area contributed by atoms with Gasteiger partial charge in [0.2, 0.25) is 0 Å². The van der Waals surface area contributed by atoms with Crippen LogP contribution in [0.15, 0.2) is 12.1 Å². The number of hydrogen-bond acceptors (Lipinski definition) is 4. The minimum Gasteiger partial charge on any atom is -0.493 e. The number of alkyl carbamates (subject to hydrolysis) is 1. The number of carbonyl (C=O) groups is 2. The van der Waals surface area contributed by atoms with Crippen molar-refractivity contribution < 1.29 is 23.5 Å². The normalized spacial score (nSPS) is 16.3. The third kappa shape index (κ3) is 4.04. The van der Waals surface area contributed by atoms with E-state index in [0.29, 0.717) is 24.0 Å². The average Bonchev–Trinajstić information content (AvgIpc) is 2.41. The first-order valence-corrected chi connectivity index (χ1v) is 8.00. The van der Waals surface area contributed by atoms with Gasteiger partial charge >= 0.3 is 6.09 Å². The highest BCUT2D eigenvalue weighted by molar-refractivity contribution is 5.86. The molecule has 1 aliphatic carbocycles. The minimum absolute atomic E-state index is 0.0884. The third-order valence-electron chi connectivity index (χ3n) is 3.95. The summed E-state index contributed by atoms with van der Waals surface area (Å²) in [6.45, 7) is 7.04. The summed E-state index contributed by atoms with van der Waals surface area (Å²) in [6, 6.07) is 2.90. The van der Waals surface area contributed by atoms with E-state index in [9.17, 15) is 14.0 Å². The molecule has 1 atom stereocenters. The number of rotatable bonds is 4. The number of benzene rings is 1. The van der Waals surface area contributed by atoms with Gasteiger partial charge in [-0.15, -0.1) is 0 Å². The topological polar surface area (TPSA) is 64.6 Å². The Morgan fingerprint density at radius 3 is 2.46 bits per heavy atom. The second kappa shape index (κ2) is 6.79. The van der Waals surface area contributed by atoms with Crippen LogP contribution in [0.5, 0.6) is 5.75 Å². The summed E-state index contributed by atoms with van der Waals surface area (Å²) >= 11 is 0. The van der Waals surface area contributed by atoms with Gasteiger partial charge in [-0.2, -0.15) is 0 Å². The van der Waals surface area contributed by atoms with Crippen LogP contribution in [0.1, 0.15) is 63.6 Å². The molecular weight excluding hydrogens is 313 g/mol. The minimum atomic E-state index is -0.611. The first kappa shape index (κ1) is 18.2. The molecule has 0 radical (unpaired) electrons. The smallest absolute Gasteiger partial charge is 0.408 e. The van der Waals surface area contributed by atoms with Crippen LogP contribution in [-0.2, 0) is 9.53 Å². The lowest BCUT2D eigenvalue weighted by Crippen LogP contribution is -2.34. The number of amides is 1. The van der Waals surface area contributed by atoms with E-state index in [0.717, 1.165) is 0 Å². The number of Topliss-reactive ketones (excluding diaryl/α,β-unsaturated/α-hetero) is 1. The van der Waals surface area contributed by atoms with E-state index in [-0.39, 0.29) is 17.5 Å². The fourth-order valence-electron chi connectivity index (χ4n) is 2.72. The van der Waals surface area contributed by atoms with Gasteiger partial charge < -0.3 is 14.8 Å². The molecule has 0 saturated heterocycles. The Kier molecular flexibility index (Phi) is 5.16. The second-order valence-electron chi connectivity index (χ2n) is 7.10. The zero-order chi connectivity index (χ0) is 18.1. The Morgan fingerprint density at radius 1 is 1.33 bits per heavy atom. The Labute approximate surface area is 141 Å². The molecule has 24 heavy (non-hydrogen) atoms. The van der Waals surface area contributed by atoms with Crippen LogP contribution < -0.4 is 10.1 Å². The number of carbonyl (C=O) groups excluding carboxylic acids is 2. The molecule has 0 aromatic heterocycles. The largest absolute Gasteiger partial charge is 0.493 e. The highest BCUT2D eigenvalue weighted by atomic mass is 19.1. The third-order valence-corrected chi connectivity index (χ3v) is 3.95. The van der Waals surface area contributed by atoms with Crippen molar-refractivity contribution in [3.63, 3.8) is 0 Å². The van der Waals surface area contributed by atoms with Crippen molar-refractivity contribution in [3.05, 3.63) is 29.1 Å². The first-order chi connectivity index (χ1) is 11.1. The van der Waals surface area contributed by atoms with E-state index in [2.05, 4.69) is 5.32 Å². The molecule has 0 unspecified atom stereocenters. The molecule has 0 aliphatic heterocycles. The van der Waals surface area contributed by atoms with Gasteiger partial charge in [0.25, 0.3) is 0 Å². The molecule has 0 spiro atoms. The van der Waals surface area contributed by atoms with Crippen LogP contribution in [0.2, 0.25) is 0 Å². The molecule has 5 nitrogen and oxygen atoms in total. The van der Waals surface area contributed by atoms with Crippen molar-refractivity contribution in [3.8, 4) is 5.75 Å². The lowest BCUT2D eigenvalue weighted by molar-refractivity contribution is -0.124. The number of methoxy groups -OCH3 is 1. The Morgan fingerprint density at radius 2 is 1.96 bits per heavy atom. The second-order valence-corrected chi connectivity index (χ2v) is 7.10. The standard InChI is InChI=1S/C18H24FNO4/c1-10(20-17(22)24-18(2,3)4)13-6-7-14(11-8-12(21)9-11)15(19)16(13)23-5/h6-7,10-11H,8-9H2,1-5H3,(H,20,22)/t10-/m0/s1. The van der Waals surface area contributed by atoms with E-state index in [4.69, 9.17) is 9.47 Å². The zero-order valence-electron chi connectivity index (χ0n) is 14.7. The maximum atomic E-state index is 14.7. The molecule has 1 amide bonds. The van der Waals surface area contributed by atoms with Gasteiger partial charge in [-0.05, 0) is 33.3 Å². The summed E-state index contributed by atoms with van der Waals surface area (Å²) in [4.78, 5) is 23.0. The van der Waals surface area contributed by atoms with E-state index >= 15 is 0 Å². The molecule has 1 aromatic carbocycles. The van der Waals surface area contributed by atoms with Crippen LogP contribution in [0.3, 0.4) is 0 Å². The highest BCUT2D eigenvalue weighted by Crippen LogP contribution is 2.40. The molecule has 1 aliphatic rings. The lowest BCUT2D eigenvalue weighted by Gasteiger charge is -2.27. The summed E-state index contributed by atoms with van der Waals surface area (Å²) in [5, 5.41) is 2.68. The van der Waals surface area contributed by atoms with Gasteiger partial charge in [0.05, 0.1) is 13.2 Å². The van der Waals surface area contributed by atoms with E-state index < -0.39 is 23.6 Å². The molecule has 1 fully saturated rings.